The number of hydrogen-bond acceptors (Lipinski definition) is 6. The van der Waals surface area contributed by atoms with Crippen LogP contribution in [0.5, 0.6) is 0 Å². The molecule has 1 amide bonds. The number of anilines is 3. The summed E-state index contributed by atoms with van der Waals surface area (Å²) in [4.78, 5) is 25.2. The smallest absolute Gasteiger partial charge is 0.230 e. The Balaban J connectivity index is 1.22. The quantitative estimate of drug-likeness (QED) is 0.394. The zero-order valence-corrected chi connectivity index (χ0v) is 19.1. The molecule has 1 aliphatic carbocycles. The number of aryl methyl sites for hydroxylation is 1. The molecule has 4 aromatic rings. The second-order valence-electron chi connectivity index (χ2n) is 8.22. The van der Waals surface area contributed by atoms with E-state index in [0.717, 1.165) is 24.1 Å². The largest absolute Gasteiger partial charge is 0.321 e. The Hall–Kier alpha value is -3.85. The van der Waals surface area contributed by atoms with Crippen molar-refractivity contribution in [2.24, 2.45) is 7.05 Å². The lowest BCUT2D eigenvalue weighted by Crippen LogP contribution is -2.16. The normalized spacial score (nSPS) is 13.0. The molecule has 10 heteroatoms. The Bertz CT molecular complexity index is 1350. The van der Waals surface area contributed by atoms with Crippen LogP contribution in [-0.2, 0) is 18.3 Å². The zero-order chi connectivity index (χ0) is 23.7. The van der Waals surface area contributed by atoms with Gasteiger partial charge in [0.1, 0.15) is 11.6 Å². The second kappa shape index (κ2) is 9.18. The molecule has 0 unspecified atom stereocenters. The molecule has 0 saturated heterocycles. The molecule has 3 aromatic heterocycles. The molecule has 1 saturated carbocycles. The molecule has 1 aromatic carbocycles. The third-order valence-corrected chi connectivity index (χ3v) is 5.84. The van der Waals surface area contributed by atoms with E-state index in [1.807, 2.05) is 7.05 Å². The Morgan fingerprint density at radius 2 is 1.91 bits per heavy atom. The van der Waals surface area contributed by atoms with Crippen LogP contribution >= 0.6 is 11.6 Å². The SMILES string of the molecule is Cn1cc(Nc2ncc(-c3ccc(CC(=O)Nc4cc(Cl)c(C5CC5)cn4)c(F)c3)cn2)cn1. The Morgan fingerprint density at radius 3 is 2.56 bits per heavy atom. The molecular formula is C24H21ClFN7O. The fourth-order valence-electron chi connectivity index (χ4n) is 3.59. The van der Waals surface area contributed by atoms with Gasteiger partial charge in [0.05, 0.1) is 18.3 Å². The number of nitrogens with zero attached hydrogens (tertiary/aromatic N) is 5. The molecule has 2 N–H and O–H groups in total. The van der Waals surface area contributed by atoms with Crippen LogP contribution in [-0.4, -0.2) is 30.6 Å². The first-order valence-corrected chi connectivity index (χ1v) is 11.1. The van der Waals surface area contributed by atoms with E-state index in [-0.39, 0.29) is 17.9 Å². The molecule has 0 aliphatic heterocycles. The van der Waals surface area contributed by atoms with Gasteiger partial charge in [0, 0.05) is 42.4 Å². The molecule has 34 heavy (non-hydrogen) atoms. The van der Waals surface area contributed by atoms with Crippen molar-refractivity contribution in [2.45, 2.75) is 25.2 Å². The summed E-state index contributed by atoms with van der Waals surface area (Å²) in [5, 5.41) is 10.4. The van der Waals surface area contributed by atoms with Gasteiger partial charge in [-0.15, -0.1) is 0 Å². The average molecular weight is 478 g/mol. The molecule has 5 rings (SSSR count). The number of aromatic nitrogens is 5. The summed E-state index contributed by atoms with van der Waals surface area (Å²) in [6.07, 6.45) is 10.5. The third-order valence-electron chi connectivity index (χ3n) is 5.52. The van der Waals surface area contributed by atoms with Crippen LogP contribution < -0.4 is 10.6 Å². The average Bonchev–Trinajstić information content (AvgIpc) is 3.57. The van der Waals surface area contributed by atoms with E-state index in [9.17, 15) is 9.18 Å². The Labute approximate surface area is 200 Å². The van der Waals surface area contributed by atoms with E-state index >= 15 is 0 Å². The summed E-state index contributed by atoms with van der Waals surface area (Å²) in [6.45, 7) is 0. The van der Waals surface area contributed by atoms with E-state index in [4.69, 9.17) is 11.6 Å². The fourth-order valence-corrected chi connectivity index (χ4v) is 3.90. The van der Waals surface area contributed by atoms with Crippen LogP contribution in [0.15, 0.2) is 55.2 Å². The van der Waals surface area contributed by atoms with Crippen molar-refractivity contribution in [3.63, 3.8) is 0 Å². The van der Waals surface area contributed by atoms with E-state index in [1.165, 1.54) is 6.07 Å². The lowest BCUT2D eigenvalue weighted by Gasteiger charge is -2.09. The topological polar surface area (TPSA) is 97.6 Å². The van der Waals surface area contributed by atoms with Gasteiger partial charge in [-0.2, -0.15) is 5.10 Å². The summed E-state index contributed by atoms with van der Waals surface area (Å²) in [5.74, 6) is 0.373. The minimum atomic E-state index is -0.486. The molecule has 0 atom stereocenters. The van der Waals surface area contributed by atoms with Gasteiger partial charge < -0.3 is 10.6 Å². The first-order valence-electron chi connectivity index (χ1n) is 10.8. The first kappa shape index (κ1) is 22.0. The highest BCUT2D eigenvalue weighted by molar-refractivity contribution is 6.31. The molecule has 0 spiro atoms. The predicted octanol–water partition coefficient (Wildman–Crippen LogP) is 4.87. The lowest BCUT2D eigenvalue weighted by atomic mass is 10.0. The van der Waals surface area contributed by atoms with Gasteiger partial charge in [-0.25, -0.2) is 19.3 Å². The fraction of sp³-hybridized carbons (Fsp3) is 0.208. The number of halogens is 2. The first-order chi connectivity index (χ1) is 16.4. The summed E-state index contributed by atoms with van der Waals surface area (Å²) < 4.78 is 16.4. The number of nitrogens with one attached hydrogen (secondary N) is 2. The number of benzene rings is 1. The molecule has 3 heterocycles. The maximum Gasteiger partial charge on any atom is 0.230 e. The van der Waals surface area contributed by atoms with Crippen LogP contribution in [0.2, 0.25) is 5.02 Å². The predicted molar refractivity (Wildman–Crippen MR) is 127 cm³/mol. The zero-order valence-electron chi connectivity index (χ0n) is 18.3. The lowest BCUT2D eigenvalue weighted by molar-refractivity contribution is -0.115. The van der Waals surface area contributed by atoms with E-state index in [1.54, 1.807) is 53.9 Å². The van der Waals surface area contributed by atoms with Gasteiger partial charge >= 0.3 is 0 Å². The van der Waals surface area contributed by atoms with Gasteiger partial charge in [-0.3, -0.25) is 9.48 Å². The van der Waals surface area contributed by atoms with E-state index < -0.39 is 5.82 Å². The maximum absolute atomic E-state index is 14.7. The number of hydrogen-bond donors (Lipinski definition) is 2. The molecule has 1 aliphatic rings. The summed E-state index contributed by atoms with van der Waals surface area (Å²) in [6, 6.07) is 6.33. The molecular weight excluding hydrogens is 457 g/mol. The number of carbonyl (C=O) groups is 1. The van der Waals surface area contributed by atoms with Crippen LogP contribution in [0.25, 0.3) is 11.1 Å². The monoisotopic (exact) mass is 477 g/mol. The number of amides is 1. The molecule has 1 fully saturated rings. The van der Waals surface area contributed by atoms with E-state index in [2.05, 4.69) is 30.7 Å². The van der Waals surface area contributed by atoms with Crippen molar-refractivity contribution in [3.8, 4) is 11.1 Å². The van der Waals surface area contributed by atoms with Crippen LogP contribution in [0.3, 0.4) is 0 Å². The molecule has 0 radical (unpaired) electrons. The summed E-state index contributed by atoms with van der Waals surface area (Å²) >= 11 is 6.29. The van der Waals surface area contributed by atoms with Crippen LogP contribution in [0.4, 0.5) is 21.8 Å². The second-order valence-corrected chi connectivity index (χ2v) is 8.63. The standard InChI is InChI=1S/C24H21ClFN7O/c1-33-13-18(11-30-33)31-24-28-9-17(10-29-24)15-4-5-16(21(26)6-15)7-23(34)32-22-8-20(25)19(12-27-22)14-2-3-14/h4-6,8-14H,2-3,7H2,1H3,(H,27,32,34)(H,28,29,31). The van der Waals surface area contributed by atoms with Crippen molar-refractivity contribution in [3.05, 3.63) is 77.2 Å². The van der Waals surface area contributed by atoms with Crippen molar-refractivity contribution >= 4 is 35.0 Å². The molecule has 172 valence electrons. The highest BCUT2D eigenvalue weighted by Crippen LogP contribution is 2.43. The van der Waals surface area contributed by atoms with E-state index in [0.29, 0.717) is 33.8 Å². The van der Waals surface area contributed by atoms with Gasteiger partial charge in [-0.1, -0.05) is 23.7 Å². The Morgan fingerprint density at radius 1 is 1.12 bits per heavy atom. The van der Waals surface area contributed by atoms with Gasteiger partial charge in [-0.05, 0) is 47.6 Å². The van der Waals surface area contributed by atoms with Gasteiger partial charge in [0.2, 0.25) is 11.9 Å². The van der Waals surface area contributed by atoms with Crippen molar-refractivity contribution in [1.29, 1.82) is 0 Å². The van der Waals surface area contributed by atoms with Crippen molar-refractivity contribution in [2.75, 3.05) is 10.6 Å². The highest BCUT2D eigenvalue weighted by atomic mass is 35.5. The molecule has 0 bridgehead atoms. The number of carbonyl (C=O) groups excluding carboxylic acids is 1. The van der Waals surface area contributed by atoms with Gasteiger partial charge in [0.15, 0.2) is 0 Å². The summed E-state index contributed by atoms with van der Waals surface area (Å²) in [7, 11) is 1.82. The van der Waals surface area contributed by atoms with Crippen molar-refractivity contribution < 1.29 is 9.18 Å². The Kier molecular flexibility index (Phi) is 5.93. The van der Waals surface area contributed by atoms with Crippen molar-refractivity contribution in [1.82, 2.24) is 24.7 Å². The number of pyridine rings is 1. The molecule has 8 nitrogen and oxygen atoms in total. The minimum Gasteiger partial charge on any atom is -0.321 e. The summed E-state index contributed by atoms with van der Waals surface area (Å²) in [5.41, 5.74) is 3.31. The number of rotatable bonds is 7. The van der Waals surface area contributed by atoms with Crippen LogP contribution in [0, 0.1) is 5.82 Å². The minimum absolute atomic E-state index is 0.125. The third kappa shape index (κ3) is 5.04. The maximum atomic E-state index is 14.7. The highest BCUT2D eigenvalue weighted by Gasteiger charge is 2.26. The van der Waals surface area contributed by atoms with Crippen LogP contribution in [0.1, 0.15) is 29.9 Å². The van der Waals surface area contributed by atoms with Gasteiger partial charge in [0.25, 0.3) is 0 Å².